The van der Waals surface area contributed by atoms with Gasteiger partial charge in [0.2, 0.25) is 0 Å². The monoisotopic (exact) mass is 472 g/mol. The standard InChI is InChI=1S/C26H33ClN2O4/c27-23-8-6-21(7-9-23)22-10-14-28(15-11-22)18-24(30)26(32)12-16-29(17-13-26)25(31)33-19-20-4-2-1-3-5-20/h1-9,22,24,30,32H,10-19H2. The molecule has 0 saturated carbocycles. The molecule has 0 bridgehead atoms. The van der Waals surface area contributed by atoms with Crippen molar-refractivity contribution in [1.29, 1.82) is 0 Å². The highest BCUT2D eigenvalue weighted by Gasteiger charge is 2.41. The zero-order valence-corrected chi connectivity index (χ0v) is 19.7. The van der Waals surface area contributed by atoms with Crippen LogP contribution in [-0.4, -0.2) is 70.5 Å². The number of carbonyl (C=O) groups excluding carboxylic acids is 1. The van der Waals surface area contributed by atoms with E-state index >= 15 is 0 Å². The molecule has 2 aliphatic rings. The summed E-state index contributed by atoms with van der Waals surface area (Å²) in [7, 11) is 0. The van der Waals surface area contributed by atoms with Gasteiger partial charge in [-0.1, -0.05) is 54.1 Å². The van der Waals surface area contributed by atoms with Crippen LogP contribution in [0.3, 0.4) is 0 Å². The number of aliphatic hydroxyl groups is 2. The van der Waals surface area contributed by atoms with Crippen molar-refractivity contribution in [2.45, 2.75) is 49.9 Å². The molecule has 1 atom stereocenters. The minimum Gasteiger partial charge on any atom is -0.445 e. The van der Waals surface area contributed by atoms with Crippen molar-refractivity contribution in [3.05, 3.63) is 70.7 Å². The fourth-order valence-corrected chi connectivity index (χ4v) is 4.94. The SMILES string of the molecule is O=C(OCc1ccccc1)N1CCC(O)(C(O)CN2CCC(c3ccc(Cl)cc3)CC2)CC1. The third-order valence-electron chi connectivity index (χ3n) is 7.07. The van der Waals surface area contributed by atoms with Crippen molar-refractivity contribution in [1.82, 2.24) is 9.80 Å². The van der Waals surface area contributed by atoms with Crippen molar-refractivity contribution in [3.8, 4) is 0 Å². The van der Waals surface area contributed by atoms with E-state index < -0.39 is 11.7 Å². The summed E-state index contributed by atoms with van der Waals surface area (Å²) in [6.45, 7) is 3.20. The molecule has 2 aromatic carbocycles. The third kappa shape index (κ3) is 6.27. The van der Waals surface area contributed by atoms with Crippen LogP contribution in [-0.2, 0) is 11.3 Å². The van der Waals surface area contributed by atoms with Gasteiger partial charge in [-0.15, -0.1) is 0 Å². The molecular formula is C26H33ClN2O4. The van der Waals surface area contributed by atoms with Crippen molar-refractivity contribution < 1.29 is 19.7 Å². The summed E-state index contributed by atoms with van der Waals surface area (Å²) in [5.74, 6) is 0.504. The zero-order chi connectivity index (χ0) is 23.3. The quantitative estimate of drug-likeness (QED) is 0.663. The highest BCUT2D eigenvalue weighted by molar-refractivity contribution is 6.30. The molecule has 178 valence electrons. The Morgan fingerprint density at radius 3 is 2.30 bits per heavy atom. The Bertz CT molecular complexity index is 892. The lowest BCUT2D eigenvalue weighted by Crippen LogP contribution is -2.56. The van der Waals surface area contributed by atoms with Gasteiger partial charge in [0.1, 0.15) is 6.61 Å². The molecule has 4 rings (SSSR count). The van der Waals surface area contributed by atoms with Crippen LogP contribution in [0.25, 0.3) is 0 Å². The van der Waals surface area contributed by atoms with E-state index in [0.717, 1.165) is 36.5 Å². The van der Waals surface area contributed by atoms with Crippen LogP contribution < -0.4 is 0 Å². The Labute approximate surface area is 200 Å². The summed E-state index contributed by atoms with van der Waals surface area (Å²) in [4.78, 5) is 16.2. The fraction of sp³-hybridized carbons (Fsp3) is 0.500. The van der Waals surface area contributed by atoms with Crippen molar-refractivity contribution in [2.24, 2.45) is 0 Å². The largest absolute Gasteiger partial charge is 0.445 e. The van der Waals surface area contributed by atoms with Crippen LogP contribution in [0.2, 0.25) is 5.02 Å². The minimum atomic E-state index is -1.18. The molecule has 2 saturated heterocycles. The third-order valence-corrected chi connectivity index (χ3v) is 7.32. The molecule has 2 fully saturated rings. The van der Waals surface area contributed by atoms with Gasteiger partial charge in [0.25, 0.3) is 0 Å². The van der Waals surface area contributed by atoms with Crippen LogP contribution in [0.1, 0.15) is 42.7 Å². The summed E-state index contributed by atoms with van der Waals surface area (Å²) >= 11 is 6.00. The molecule has 0 spiro atoms. The first-order valence-electron chi connectivity index (χ1n) is 11.8. The van der Waals surface area contributed by atoms with E-state index in [-0.39, 0.29) is 12.7 Å². The number of benzene rings is 2. The molecule has 2 aromatic rings. The summed E-state index contributed by atoms with van der Waals surface area (Å²) in [5, 5.41) is 22.7. The van der Waals surface area contributed by atoms with Crippen LogP contribution in [0.4, 0.5) is 4.79 Å². The first-order chi connectivity index (χ1) is 15.9. The summed E-state index contributed by atoms with van der Waals surface area (Å²) in [6.07, 6.45) is 1.51. The van der Waals surface area contributed by atoms with E-state index in [1.54, 1.807) is 4.90 Å². The number of nitrogens with zero attached hydrogens (tertiary/aromatic N) is 2. The highest BCUT2D eigenvalue weighted by Crippen LogP contribution is 2.31. The number of aliphatic hydroxyl groups excluding tert-OH is 1. The smallest absolute Gasteiger partial charge is 0.410 e. The second-order valence-electron chi connectivity index (χ2n) is 9.27. The van der Waals surface area contributed by atoms with Crippen LogP contribution in [0, 0.1) is 0 Å². The first-order valence-corrected chi connectivity index (χ1v) is 12.1. The molecule has 0 aromatic heterocycles. The average molecular weight is 473 g/mol. The van der Waals surface area contributed by atoms with Gasteiger partial charge in [-0.2, -0.15) is 0 Å². The minimum absolute atomic E-state index is 0.231. The maximum atomic E-state index is 12.4. The topological polar surface area (TPSA) is 73.2 Å². The second-order valence-corrected chi connectivity index (χ2v) is 9.71. The number of piperidine rings is 2. The number of likely N-dealkylation sites (tertiary alicyclic amines) is 2. The second kappa shape index (κ2) is 10.9. The first kappa shape index (κ1) is 24.0. The lowest BCUT2D eigenvalue weighted by molar-refractivity contribution is -0.116. The van der Waals surface area contributed by atoms with Crippen LogP contribution in [0.15, 0.2) is 54.6 Å². The van der Waals surface area contributed by atoms with Gasteiger partial charge in [0, 0.05) is 24.7 Å². The molecular weight excluding hydrogens is 440 g/mol. The molecule has 2 aliphatic heterocycles. The average Bonchev–Trinajstić information content (AvgIpc) is 2.84. The van der Waals surface area contributed by atoms with Crippen molar-refractivity contribution in [3.63, 3.8) is 0 Å². The van der Waals surface area contributed by atoms with Gasteiger partial charge in [0.05, 0.1) is 11.7 Å². The number of ether oxygens (including phenoxy) is 1. The molecule has 2 heterocycles. The van der Waals surface area contributed by atoms with Crippen LogP contribution >= 0.6 is 11.6 Å². The molecule has 1 amide bonds. The van der Waals surface area contributed by atoms with E-state index in [1.807, 2.05) is 42.5 Å². The number of hydrogen-bond acceptors (Lipinski definition) is 5. The summed E-state index contributed by atoms with van der Waals surface area (Å²) < 4.78 is 5.40. The van der Waals surface area contributed by atoms with Gasteiger partial charge in [0.15, 0.2) is 0 Å². The molecule has 1 unspecified atom stereocenters. The molecule has 0 aliphatic carbocycles. The van der Waals surface area contributed by atoms with Crippen LogP contribution in [0.5, 0.6) is 0 Å². The molecule has 6 nitrogen and oxygen atoms in total. The Morgan fingerprint density at radius 2 is 1.67 bits per heavy atom. The fourth-order valence-electron chi connectivity index (χ4n) is 4.82. The van der Waals surface area contributed by atoms with Gasteiger partial charge in [-0.3, -0.25) is 0 Å². The Morgan fingerprint density at radius 1 is 1.03 bits per heavy atom. The van der Waals surface area contributed by atoms with E-state index in [0.29, 0.717) is 38.4 Å². The van der Waals surface area contributed by atoms with E-state index in [4.69, 9.17) is 16.3 Å². The lowest BCUT2D eigenvalue weighted by atomic mass is 9.84. The summed E-state index contributed by atoms with van der Waals surface area (Å²) in [5.41, 5.74) is 1.07. The van der Waals surface area contributed by atoms with E-state index in [1.165, 1.54) is 5.56 Å². The number of hydrogen-bond donors (Lipinski definition) is 2. The van der Waals surface area contributed by atoms with Gasteiger partial charge < -0.3 is 24.7 Å². The normalized spacial score (nSPS) is 20.4. The Hall–Kier alpha value is -2.12. The molecule has 7 heteroatoms. The maximum Gasteiger partial charge on any atom is 0.410 e. The molecule has 2 N–H and O–H groups in total. The Balaban J connectivity index is 1.20. The van der Waals surface area contributed by atoms with Gasteiger partial charge >= 0.3 is 6.09 Å². The summed E-state index contributed by atoms with van der Waals surface area (Å²) in [6, 6.07) is 17.6. The van der Waals surface area contributed by atoms with Crippen molar-refractivity contribution >= 4 is 17.7 Å². The number of halogens is 1. The number of rotatable bonds is 6. The number of β-amino-alcohol motifs (C(OH)–C–C–N with tert-alkyl or cyclic N) is 1. The predicted molar refractivity (Wildman–Crippen MR) is 128 cm³/mol. The Kier molecular flexibility index (Phi) is 7.91. The highest BCUT2D eigenvalue weighted by atomic mass is 35.5. The molecule has 0 radical (unpaired) electrons. The lowest BCUT2D eigenvalue weighted by Gasteiger charge is -2.42. The number of carbonyl (C=O) groups is 1. The van der Waals surface area contributed by atoms with Crippen molar-refractivity contribution in [2.75, 3.05) is 32.7 Å². The predicted octanol–water partition coefficient (Wildman–Crippen LogP) is 4.04. The van der Waals surface area contributed by atoms with E-state index in [2.05, 4.69) is 17.0 Å². The zero-order valence-electron chi connectivity index (χ0n) is 18.9. The van der Waals surface area contributed by atoms with Gasteiger partial charge in [-0.05, 0) is 68.0 Å². The number of amides is 1. The maximum absolute atomic E-state index is 12.4. The van der Waals surface area contributed by atoms with Gasteiger partial charge in [-0.25, -0.2) is 4.79 Å². The molecule has 33 heavy (non-hydrogen) atoms. The van der Waals surface area contributed by atoms with E-state index in [9.17, 15) is 15.0 Å².